The highest BCUT2D eigenvalue weighted by Gasteiger charge is 2.33. The molecular weight excluding hydrogens is 315 g/mol. The zero-order valence-corrected chi connectivity index (χ0v) is 11.6. The van der Waals surface area contributed by atoms with Gasteiger partial charge in [-0.15, -0.1) is 11.3 Å². The minimum Gasteiger partial charge on any atom is -0.464 e. The number of hydrogen-bond donors (Lipinski definition) is 0. The van der Waals surface area contributed by atoms with Crippen molar-refractivity contribution < 1.29 is 22.7 Å². The second-order valence-corrected chi connectivity index (χ2v) is 4.99. The summed E-state index contributed by atoms with van der Waals surface area (Å²) in [6.45, 7) is 0. The maximum absolute atomic E-state index is 12.8. The lowest BCUT2D eigenvalue weighted by Crippen LogP contribution is -2.06. The number of thiazole rings is 1. The van der Waals surface area contributed by atoms with Crippen molar-refractivity contribution in [3.63, 3.8) is 0 Å². The summed E-state index contributed by atoms with van der Waals surface area (Å²) in [7, 11) is 1.20. The minimum atomic E-state index is -4.55. The Morgan fingerprint density at radius 1 is 1.40 bits per heavy atom. The third-order valence-corrected chi connectivity index (χ3v) is 3.64. The van der Waals surface area contributed by atoms with Gasteiger partial charge in [-0.3, -0.25) is 0 Å². The van der Waals surface area contributed by atoms with Crippen molar-refractivity contribution in [2.75, 3.05) is 7.11 Å². The second kappa shape index (κ2) is 5.41. The molecule has 0 fully saturated rings. The van der Waals surface area contributed by atoms with Crippen LogP contribution in [0.1, 0.15) is 16.1 Å². The number of esters is 1. The summed E-state index contributed by atoms with van der Waals surface area (Å²) >= 11 is 6.58. The number of nitrogens with zero attached hydrogens (tertiary/aromatic N) is 1. The average Bonchev–Trinajstić information content (AvgIpc) is 2.86. The predicted octanol–water partition coefficient (Wildman–Crippen LogP) is 4.27. The lowest BCUT2D eigenvalue weighted by molar-refractivity contribution is -0.137. The van der Waals surface area contributed by atoms with Crippen molar-refractivity contribution in [2.24, 2.45) is 0 Å². The molecule has 0 saturated carbocycles. The molecule has 3 nitrogen and oxygen atoms in total. The quantitative estimate of drug-likeness (QED) is 0.775. The summed E-state index contributed by atoms with van der Waals surface area (Å²) in [6.07, 6.45) is -4.55. The van der Waals surface area contributed by atoms with Crippen molar-refractivity contribution in [3.8, 4) is 10.6 Å². The van der Waals surface area contributed by atoms with Crippen molar-refractivity contribution in [1.82, 2.24) is 4.98 Å². The molecule has 0 atom stereocenters. The molecule has 0 bridgehead atoms. The SMILES string of the molecule is COC(=O)c1csc(-c2ccc(Cl)c(C(F)(F)F)c2)n1. The average molecular weight is 322 g/mol. The number of aromatic nitrogens is 1. The van der Waals surface area contributed by atoms with Gasteiger partial charge in [0.25, 0.3) is 0 Å². The molecule has 0 aliphatic heterocycles. The number of hydrogen-bond acceptors (Lipinski definition) is 4. The normalized spacial score (nSPS) is 11.4. The highest BCUT2D eigenvalue weighted by molar-refractivity contribution is 7.13. The van der Waals surface area contributed by atoms with E-state index in [4.69, 9.17) is 11.6 Å². The van der Waals surface area contributed by atoms with Gasteiger partial charge in [-0.2, -0.15) is 13.2 Å². The molecule has 2 rings (SSSR count). The number of benzene rings is 1. The maximum atomic E-state index is 12.8. The van der Waals surface area contributed by atoms with Gasteiger partial charge in [0.1, 0.15) is 5.01 Å². The maximum Gasteiger partial charge on any atom is 0.417 e. The van der Waals surface area contributed by atoms with Crippen molar-refractivity contribution in [1.29, 1.82) is 0 Å². The summed E-state index contributed by atoms with van der Waals surface area (Å²) in [5, 5.41) is 1.32. The van der Waals surface area contributed by atoms with E-state index in [0.717, 1.165) is 23.5 Å². The Morgan fingerprint density at radius 2 is 2.10 bits per heavy atom. The number of methoxy groups -OCH3 is 1. The standard InChI is InChI=1S/C12H7ClF3NO2S/c1-19-11(18)9-5-20-10(17-9)6-2-3-8(13)7(4-6)12(14,15)16/h2-5H,1H3. The van der Waals surface area contributed by atoms with Gasteiger partial charge in [0.2, 0.25) is 0 Å². The fraction of sp³-hybridized carbons (Fsp3) is 0.167. The molecule has 1 aromatic carbocycles. The number of carbonyl (C=O) groups is 1. The predicted molar refractivity (Wildman–Crippen MR) is 68.9 cm³/mol. The molecule has 0 radical (unpaired) electrons. The molecule has 0 unspecified atom stereocenters. The molecular formula is C12H7ClF3NO2S. The van der Waals surface area contributed by atoms with Crippen LogP contribution >= 0.6 is 22.9 Å². The monoisotopic (exact) mass is 321 g/mol. The van der Waals surface area contributed by atoms with Gasteiger partial charge in [-0.1, -0.05) is 17.7 Å². The van der Waals surface area contributed by atoms with Crippen LogP contribution in [-0.4, -0.2) is 18.1 Å². The van der Waals surface area contributed by atoms with Crippen molar-refractivity contribution in [2.45, 2.75) is 6.18 Å². The van der Waals surface area contributed by atoms with E-state index in [1.54, 1.807) is 0 Å². The van der Waals surface area contributed by atoms with Crippen LogP contribution in [-0.2, 0) is 10.9 Å². The van der Waals surface area contributed by atoms with E-state index in [-0.39, 0.29) is 21.3 Å². The summed E-state index contributed by atoms with van der Waals surface area (Å²) in [5.41, 5.74) is -0.649. The van der Waals surface area contributed by atoms with Gasteiger partial charge in [-0.05, 0) is 12.1 Å². The molecule has 0 aliphatic rings. The van der Waals surface area contributed by atoms with E-state index in [1.165, 1.54) is 18.6 Å². The summed E-state index contributed by atoms with van der Waals surface area (Å²) in [4.78, 5) is 15.2. The van der Waals surface area contributed by atoms with Crippen LogP contribution in [0.3, 0.4) is 0 Å². The Kier molecular flexibility index (Phi) is 4.01. The van der Waals surface area contributed by atoms with Crippen LogP contribution in [0.5, 0.6) is 0 Å². The summed E-state index contributed by atoms with van der Waals surface area (Å²) < 4.78 is 42.8. The summed E-state index contributed by atoms with van der Waals surface area (Å²) in [5.74, 6) is -0.641. The van der Waals surface area contributed by atoms with Crippen molar-refractivity contribution >= 4 is 28.9 Å². The first-order valence-electron chi connectivity index (χ1n) is 5.24. The molecule has 1 aromatic heterocycles. The van der Waals surface area contributed by atoms with Crippen LogP contribution < -0.4 is 0 Å². The minimum absolute atomic E-state index is 0.0519. The Morgan fingerprint density at radius 3 is 2.70 bits per heavy atom. The Balaban J connectivity index is 2.44. The van der Waals surface area contributed by atoms with E-state index in [2.05, 4.69) is 9.72 Å². The van der Waals surface area contributed by atoms with Gasteiger partial charge in [0, 0.05) is 10.9 Å². The smallest absolute Gasteiger partial charge is 0.417 e. The van der Waals surface area contributed by atoms with Gasteiger partial charge in [0.15, 0.2) is 5.69 Å². The zero-order valence-electron chi connectivity index (χ0n) is 9.99. The van der Waals surface area contributed by atoms with Crippen LogP contribution in [0, 0.1) is 0 Å². The van der Waals surface area contributed by atoms with Crippen LogP contribution in [0.2, 0.25) is 5.02 Å². The fourth-order valence-corrected chi connectivity index (χ4v) is 2.49. The van der Waals surface area contributed by atoms with E-state index in [0.29, 0.717) is 0 Å². The number of ether oxygens (including phenoxy) is 1. The van der Waals surface area contributed by atoms with Gasteiger partial charge in [0.05, 0.1) is 17.7 Å². The number of carbonyl (C=O) groups excluding carboxylic acids is 1. The molecule has 106 valence electrons. The zero-order chi connectivity index (χ0) is 14.9. The number of rotatable bonds is 2. The van der Waals surface area contributed by atoms with E-state index in [1.807, 2.05) is 0 Å². The second-order valence-electron chi connectivity index (χ2n) is 3.72. The van der Waals surface area contributed by atoms with Gasteiger partial charge in [-0.25, -0.2) is 9.78 Å². The third-order valence-electron chi connectivity index (χ3n) is 2.42. The molecule has 2 aromatic rings. The van der Waals surface area contributed by atoms with Gasteiger partial charge >= 0.3 is 12.1 Å². The lowest BCUT2D eigenvalue weighted by atomic mass is 10.1. The Hall–Kier alpha value is -1.60. The highest BCUT2D eigenvalue weighted by atomic mass is 35.5. The van der Waals surface area contributed by atoms with E-state index < -0.39 is 17.7 Å². The lowest BCUT2D eigenvalue weighted by Gasteiger charge is -2.09. The Bertz CT molecular complexity index is 654. The van der Waals surface area contributed by atoms with E-state index >= 15 is 0 Å². The van der Waals surface area contributed by atoms with Crippen LogP contribution in [0.4, 0.5) is 13.2 Å². The highest BCUT2D eigenvalue weighted by Crippen LogP contribution is 2.37. The Labute approximate surface area is 121 Å². The molecule has 8 heteroatoms. The topological polar surface area (TPSA) is 39.2 Å². The summed E-state index contributed by atoms with van der Waals surface area (Å²) in [6, 6.07) is 3.47. The van der Waals surface area contributed by atoms with Crippen LogP contribution in [0.15, 0.2) is 23.6 Å². The first kappa shape index (κ1) is 14.8. The van der Waals surface area contributed by atoms with Crippen LogP contribution in [0.25, 0.3) is 10.6 Å². The number of alkyl halides is 3. The molecule has 20 heavy (non-hydrogen) atoms. The van der Waals surface area contributed by atoms with Crippen molar-refractivity contribution in [3.05, 3.63) is 39.9 Å². The molecule has 0 saturated heterocycles. The molecule has 0 aliphatic carbocycles. The number of halogens is 4. The molecule has 0 amide bonds. The fourth-order valence-electron chi connectivity index (χ4n) is 1.48. The molecule has 0 spiro atoms. The molecule has 1 heterocycles. The van der Waals surface area contributed by atoms with E-state index in [9.17, 15) is 18.0 Å². The molecule has 0 N–H and O–H groups in total. The third kappa shape index (κ3) is 2.94. The largest absolute Gasteiger partial charge is 0.464 e. The first-order valence-corrected chi connectivity index (χ1v) is 6.49. The van der Waals surface area contributed by atoms with Gasteiger partial charge < -0.3 is 4.74 Å². The first-order chi connectivity index (χ1) is 9.32.